The number of amides is 2. The van der Waals surface area contributed by atoms with Crippen molar-refractivity contribution in [2.75, 3.05) is 0 Å². The zero-order valence-electron chi connectivity index (χ0n) is 10.2. The van der Waals surface area contributed by atoms with Gasteiger partial charge in [0.1, 0.15) is 0 Å². The number of urea groups is 1. The molecule has 2 amide bonds. The van der Waals surface area contributed by atoms with Crippen LogP contribution in [0.4, 0.5) is 4.79 Å². The molecule has 0 spiro atoms. The van der Waals surface area contributed by atoms with E-state index < -0.39 is 6.03 Å². The SMILES string of the molecule is C=NC(=N)C(N)=NC(=O)NC(C)(C)C(C)C. The molecule has 6 nitrogen and oxygen atoms in total. The van der Waals surface area contributed by atoms with E-state index >= 15 is 0 Å². The molecule has 6 heteroatoms. The molecule has 0 fully saturated rings. The first-order valence-electron chi connectivity index (χ1n) is 4.92. The minimum absolute atomic E-state index is 0.243. The maximum atomic E-state index is 11.5. The third-order valence-electron chi connectivity index (χ3n) is 2.50. The molecule has 0 aliphatic heterocycles. The van der Waals surface area contributed by atoms with Crippen molar-refractivity contribution >= 4 is 24.4 Å². The van der Waals surface area contributed by atoms with Gasteiger partial charge in [-0.15, -0.1) is 0 Å². The number of carbonyl (C=O) groups is 1. The first kappa shape index (κ1) is 14.3. The average molecular weight is 225 g/mol. The van der Waals surface area contributed by atoms with E-state index in [0.717, 1.165) is 0 Å². The van der Waals surface area contributed by atoms with E-state index in [1.165, 1.54) is 0 Å². The number of carbonyl (C=O) groups excluding carboxylic acids is 1. The number of nitrogens with zero attached hydrogens (tertiary/aromatic N) is 2. The zero-order valence-corrected chi connectivity index (χ0v) is 10.2. The first-order chi connectivity index (χ1) is 7.20. The van der Waals surface area contributed by atoms with Crippen LogP contribution >= 0.6 is 0 Å². The number of nitrogens with one attached hydrogen (secondary N) is 2. The van der Waals surface area contributed by atoms with Crippen molar-refractivity contribution in [3.05, 3.63) is 0 Å². The van der Waals surface area contributed by atoms with Crippen LogP contribution in [-0.2, 0) is 0 Å². The van der Waals surface area contributed by atoms with Crippen LogP contribution in [0.1, 0.15) is 27.7 Å². The van der Waals surface area contributed by atoms with Crippen molar-refractivity contribution in [1.82, 2.24) is 5.32 Å². The Morgan fingerprint density at radius 2 is 2.00 bits per heavy atom. The number of amidine groups is 2. The van der Waals surface area contributed by atoms with E-state index in [2.05, 4.69) is 22.0 Å². The Labute approximate surface area is 95.6 Å². The van der Waals surface area contributed by atoms with Gasteiger partial charge in [-0.05, 0) is 26.5 Å². The molecule has 0 aromatic heterocycles. The van der Waals surface area contributed by atoms with Crippen molar-refractivity contribution < 1.29 is 4.79 Å². The molecule has 0 saturated carbocycles. The van der Waals surface area contributed by atoms with Crippen LogP contribution in [0.15, 0.2) is 9.98 Å². The smallest absolute Gasteiger partial charge is 0.343 e. The fourth-order valence-corrected chi connectivity index (χ4v) is 0.691. The largest absolute Gasteiger partial charge is 0.380 e. The van der Waals surface area contributed by atoms with Gasteiger partial charge in [0.05, 0.1) is 0 Å². The summed E-state index contributed by atoms with van der Waals surface area (Å²) in [6.45, 7) is 10.9. The fourth-order valence-electron chi connectivity index (χ4n) is 0.691. The molecule has 0 aliphatic carbocycles. The maximum absolute atomic E-state index is 11.5. The molecule has 90 valence electrons. The number of aliphatic imine (C=N–C) groups is 2. The van der Waals surface area contributed by atoms with Crippen LogP contribution < -0.4 is 11.1 Å². The minimum Gasteiger partial charge on any atom is -0.380 e. The Hall–Kier alpha value is -1.72. The molecule has 0 atom stereocenters. The van der Waals surface area contributed by atoms with Gasteiger partial charge in [-0.25, -0.2) is 9.79 Å². The minimum atomic E-state index is -0.579. The lowest BCUT2D eigenvalue weighted by molar-refractivity contribution is 0.226. The highest BCUT2D eigenvalue weighted by Crippen LogP contribution is 2.14. The second-order valence-electron chi connectivity index (χ2n) is 4.31. The molecule has 0 radical (unpaired) electrons. The van der Waals surface area contributed by atoms with Gasteiger partial charge in [0.25, 0.3) is 0 Å². The van der Waals surface area contributed by atoms with Gasteiger partial charge < -0.3 is 11.1 Å². The zero-order chi connectivity index (χ0) is 12.9. The van der Waals surface area contributed by atoms with E-state index in [1.54, 1.807) is 0 Å². The van der Waals surface area contributed by atoms with Crippen LogP contribution in [0.5, 0.6) is 0 Å². The lowest BCUT2D eigenvalue weighted by Crippen LogP contribution is -2.46. The summed E-state index contributed by atoms with van der Waals surface area (Å²) < 4.78 is 0. The van der Waals surface area contributed by atoms with Gasteiger partial charge in [0.2, 0.25) is 0 Å². The van der Waals surface area contributed by atoms with E-state index in [9.17, 15) is 4.79 Å². The molecular weight excluding hydrogens is 206 g/mol. The van der Waals surface area contributed by atoms with E-state index in [0.29, 0.717) is 0 Å². The number of hydrogen-bond donors (Lipinski definition) is 3. The van der Waals surface area contributed by atoms with Crippen molar-refractivity contribution in [3.63, 3.8) is 0 Å². The van der Waals surface area contributed by atoms with Gasteiger partial charge in [0, 0.05) is 5.54 Å². The second kappa shape index (κ2) is 5.39. The van der Waals surface area contributed by atoms with Gasteiger partial charge in [-0.1, -0.05) is 13.8 Å². The van der Waals surface area contributed by atoms with Crippen molar-refractivity contribution in [3.8, 4) is 0 Å². The van der Waals surface area contributed by atoms with Crippen LogP contribution in [0.2, 0.25) is 0 Å². The molecule has 4 N–H and O–H groups in total. The monoisotopic (exact) mass is 225 g/mol. The summed E-state index contributed by atoms with van der Waals surface area (Å²) >= 11 is 0. The fraction of sp³-hybridized carbons (Fsp3) is 0.600. The van der Waals surface area contributed by atoms with Gasteiger partial charge in [-0.2, -0.15) is 4.99 Å². The normalized spacial score (nSPS) is 12.4. The Balaban J connectivity index is 4.62. The molecule has 0 saturated heterocycles. The second-order valence-corrected chi connectivity index (χ2v) is 4.31. The van der Waals surface area contributed by atoms with Crippen molar-refractivity contribution in [2.45, 2.75) is 33.2 Å². The first-order valence-corrected chi connectivity index (χ1v) is 4.92. The van der Waals surface area contributed by atoms with Crippen molar-refractivity contribution in [1.29, 1.82) is 5.41 Å². The molecule has 0 aromatic rings. The molecule has 0 heterocycles. The predicted molar refractivity (Wildman–Crippen MR) is 66.3 cm³/mol. The van der Waals surface area contributed by atoms with E-state index in [1.807, 2.05) is 27.7 Å². The standard InChI is InChI=1S/C10H19N5O/c1-6(2)10(3,4)15-9(16)14-8(12)7(11)13-5/h6,11H,5H2,1-4H3,(H3,12,14,15,16). The molecule has 0 rings (SSSR count). The third-order valence-corrected chi connectivity index (χ3v) is 2.50. The lowest BCUT2D eigenvalue weighted by Gasteiger charge is -2.29. The number of nitrogens with two attached hydrogens (primary N) is 1. The summed E-state index contributed by atoms with van der Waals surface area (Å²) in [4.78, 5) is 18.2. The summed E-state index contributed by atoms with van der Waals surface area (Å²) in [5.74, 6) is -0.297. The Bertz CT molecular complexity index is 330. The quantitative estimate of drug-likeness (QED) is 0.485. The third kappa shape index (κ3) is 4.20. The van der Waals surface area contributed by atoms with E-state index in [-0.39, 0.29) is 23.1 Å². The maximum Gasteiger partial charge on any atom is 0.343 e. The van der Waals surface area contributed by atoms with Crippen LogP contribution in [0.25, 0.3) is 0 Å². The molecular formula is C10H19N5O. The van der Waals surface area contributed by atoms with E-state index in [4.69, 9.17) is 11.1 Å². The van der Waals surface area contributed by atoms with Crippen LogP contribution in [0.3, 0.4) is 0 Å². The number of hydrogen-bond acceptors (Lipinski definition) is 2. The van der Waals surface area contributed by atoms with Crippen molar-refractivity contribution in [2.24, 2.45) is 21.6 Å². The molecule has 0 bridgehead atoms. The lowest BCUT2D eigenvalue weighted by atomic mass is 9.91. The summed E-state index contributed by atoms with van der Waals surface area (Å²) in [5, 5.41) is 9.89. The summed E-state index contributed by atoms with van der Waals surface area (Å²) in [7, 11) is 0. The van der Waals surface area contributed by atoms with Gasteiger partial charge in [-0.3, -0.25) is 5.41 Å². The van der Waals surface area contributed by atoms with Crippen LogP contribution in [-0.4, -0.2) is 30.0 Å². The highest BCUT2D eigenvalue weighted by Gasteiger charge is 2.24. The summed E-state index contributed by atoms with van der Waals surface area (Å²) in [6, 6.07) is -0.579. The highest BCUT2D eigenvalue weighted by molar-refractivity contribution is 6.40. The number of rotatable bonds is 2. The summed E-state index contributed by atoms with van der Waals surface area (Å²) in [6.07, 6.45) is 0. The summed E-state index contributed by atoms with van der Waals surface area (Å²) in [5.41, 5.74) is 4.97. The topological polar surface area (TPSA) is 104 Å². The van der Waals surface area contributed by atoms with Crippen LogP contribution in [0, 0.1) is 11.3 Å². The Morgan fingerprint density at radius 1 is 1.50 bits per heavy atom. The molecule has 16 heavy (non-hydrogen) atoms. The Morgan fingerprint density at radius 3 is 2.38 bits per heavy atom. The highest BCUT2D eigenvalue weighted by atomic mass is 16.2. The molecule has 0 unspecified atom stereocenters. The Kier molecular flexibility index (Phi) is 4.81. The molecule has 0 aliphatic rings. The average Bonchev–Trinajstić information content (AvgIpc) is 2.14. The predicted octanol–water partition coefficient (Wildman–Crippen LogP) is 1.17. The van der Waals surface area contributed by atoms with Gasteiger partial charge in [0.15, 0.2) is 11.7 Å². The van der Waals surface area contributed by atoms with Gasteiger partial charge >= 0.3 is 6.03 Å². The molecule has 0 aromatic carbocycles.